The number of nitrogens with zero attached hydrogens (tertiary/aromatic N) is 1. The predicted octanol–water partition coefficient (Wildman–Crippen LogP) is 5.13. The van der Waals surface area contributed by atoms with E-state index in [9.17, 15) is 9.59 Å². The van der Waals surface area contributed by atoms with Crippen molar-refractivity contribution >= 4 is 62.2 Å². The van der Waals surface area contributed by atoms with E-state index in [-0.39, 0.29) is 24.0 Å². The molecule has 0 bridgehead atoms. The van der Waals surface area contributed by atoms with Crippen molar-refractivity contribution in [2.45, 2.75) is 17.7 Å². The highest BCUT2D eigenvalue weighted by Gasteiger charge is 2.11. The van der Waals surface area contributed by atoms with Gasteiger partial charge in [0.15, 0.2) is 4.34 Å². The molecule has 0 aliphatic carbocycles. The maximum Gasteiger partial charge on any atom is 0.234 e. The van der Waals surface area contributed by atoms with Crippen molar-refractivity contribution in [2.24, 2.45) is 0 Å². The van der Waals surface area contributed by atoms with Crippen molar-refractivity contribution in [1.29, 1.82) is 0 Å². The van der Waals surface area contributed by atoms with Gasteiger partial charge in [-0.15, -0.1) is 11.3 Å². The number of carbonyl (C=O) groups excluding carboxylic acids is 2. The Labute approximate surface area is 191 Å². The second kappa shape index (κ2) is 10.6. The number of aromatic nitrogens is 1. The number of hydrogen-bond donors (Lipinski definition) is 2. The van der Waals surface area contributed by atoms with Crippen LogP contribution < -0.4 is 15.4 Å². The Morgan fingerprint density at radius 2 is 2.00 bits per heavy atom. The fourth-order valence-corrected chi connectivity index (χ4v) is 4.71. The Morgan fingerprint density at radius 1 is 1.17 bits per heavy atom. The van der Waals surface area contributed by atoms with Gasteiger partial charge in [0, 0.05) is 27.3 Å². The van der Waals surface area contributed by atoms with Gasteiger partial charge in [-0.05, 0) is 42.8 Å². The number of carbonyl (C=O) groups is 2. The molecular formula is C21H20BrN3O3S2. The van der Waals surface area contributed by atoms with Gasteiger partial charge in [-0.2, -0.15) is 0 Å². The maximum atomic E-state index is 12.3. The molecule has 0 saturated heterocycles. The molecule has 30 heavy (non-hydrogen) atoms. The van der Waals surface area contributed by atoms with Crippen molar-refractivity contribution in [3.05, 3.63) is 63.6 Å². The Balaban J connectivity index is 1.48. The largest absolute Gasteiger partial charge is 0.497 e. The number of nitrogens with one attached hydrogen (secondary N) is 2. The monoisotopic (exact) mass is 505 g/mol. The summed E-state index contributed by atoms with van der Waals surface area (Å²) in [5.41, 5.74) is 3.12. The zero-order chi connectivity index (χ0) is 21.5. The molecule has 0 radical (unpaired) electrons. The highest BCUT2D eigenvalue weighted by atomic mass is 79.9. The van der Waals surface area contributed by atoms with Crippen molar-refractivity contribution in [3.63, 3.8) is 0 Å². The van der Waals surface area contributed by atoms with Crippen LogP contribution in [0, 0.1) is 6.92 Å². The predicted molar refractivity (Wildman–Crippen MR) is 126 cm³/mol. The third-order valence-electron chi connectivity index (χ3n) is 4.02. The first-order valence-electron chi connectivity index (χ1n) is 9.00. The minimum absolute atomic E-state index is 0.127. The summed E-state index contributed by atoms with van der Waals surface area (Å²) in [5, 5.41) is 7.58. The summed E-state index contributed by atoms with van der Waals surface area (Å²) in [6.07, 6.45) is 0.183. The number of thiazole rings is 1. The smallest absolute Gasteiger partial charge is 0.234 e. The minimum Gasteiger partial charge on any atom is -0.497 e. The molecule has 0 aliphatic rings. The summed E-state index contributed by atoms with van der Waals surface area (Å²) >= 11 is 6.17. The van der Waals surface area contributed by atoms with E-state index in [4.69, 9.17) is 4.74 Å². The Kier molecular flexibility index (Phi) is 7.89. The zero-order valence-corrected chi connectivity index (χ0v) is 19.6. The van der Waals surface area contributed by atoms with Gasteiger partial charge in [0.2, 0.25) is 11.8 Å². The summed E-state index contributed by atoms with van der Waals surface area (Å²) in [7, 11) is 1.58. The van der Waals surface area contributed by atoms with Crippen LogP contribution in [0.15, 0.2) is 56.7 Å². The lowest BCUT2D eigenvalue weighted by Crippen LogP contribution is -2.15. The van der Waals surface area contributed by atoms with E-state index >= 15 is 0 Å². The fraction of sp³-hybridized carbons (Fsp3) is 0.190. The van der Waals surface area contributed by atoms with Crippen molar-refractivity contribution < 1.29 is 14.3 Å². The third kappa shape index (κ3) is 6.58. The molecule has 0 fully saturated rings. The SMILES string of the molecule is COc1cccc(NC(=O)CSc2nc(CC(=O)Nc3ccc(Br)cc3C)cs2)c1. The lowest BCUT2D eigenvalue weighted by molar-refractivity contribution is -0.116. The molecule has 2 N–H and O–H groups in total. The standard InChI is InChI=1S/C21H20BrN3O3S2/c1-13-8-14(22)6-7-18(13)25-19(26)10-16-11-29-21(24-16)30-12-20(27)23-15-4-3-5-17(9-15)28-2/h3-9,11H,10,12H2,1-2H3,(H,23,27)(H,25,26). The van der Waals surface area contributed by atoms with Crippen LogP contribution >= 0.6 is 39.0 Å². The second-order valence-corrected chi connectivity index (χ2v) is 9.35. The van der Waals surface area contributed by atoms with Gasteiger partial charge in [-0.1, -0.05) is 33.8 Å². The zero-order valence-electron chi connectivity index (χ0n) is 16.4. The first kappa shape index (κ1) is 22.3. The van der Waals surface area contributed by atoms with Crippen molar-refractivity contribution in [3.8, 4) is 5.75 Å². The Morgan fingerprint density at radius 3 is 2.77 bits per heavy atom. The molecule has 1 heterocycles. The van der Waals surface area contributed by atoms with Crippen LogP contribution in [0.2, 0.25) is 0 Å². The van der Waals surface area contributed by atoms with Gasteiger partial charge < -0.3 is 15.4 Å². The molecule has 2 aromatic carbocycles. The Hall–Kier alpha value is -2.36. The minimum atomic E-state index is -0.131. The molecule has 0 spiro atoms. The number of amides is 2. The van der Waals surface area contributed by atoms with Crippen LogP contribution in [-0.2, 0) is 16.0 Å². The highest BCUT2D eigenvalue weighted by molar-refractivity contribution is 9.10. The molecule has 156 valence electrons. The van der Waals surface area contributed by atoms with Crippen LogP contribution in [-0.4, -0.2) is 29.7 Å². The molecule has 9 heteroatoms. The van der Waals surface area contributed by atoms with Gasteiger partial charge in [0.25, 0.3) is 0 Å². The summed E-state index contributed by atoms with van der Waals surface area (Å²) < 4.78 is 6.87. The average Bonchev–Trinajstić information content (AvgIpc) is 3.16. The summed E-state index contributed by atoms with van der Waals surface area (Å²) in [4.78, 5) is 28.9. The maximum absolute atomic E-state index is 12.3. The fourth-order valence-electron chi connectivity index (χ4n) is 2.59. The lowest BCUT2D eigenvalue weighted by Gasteiger charge is -2.08. The highest BCUT2D eigenvalue weighted by Crippen LogP contribution is 2.24. The number of anilines is 2. The summed E-state index contributed by atoms with van der Waals surface area (Å²) in [6, 6.07) is 12.9. The summed E-state index contributed by atoms with van der Waals surface area (Å²) in [5.74, 6) is 0.655. The van der Waals surface area contributed by atoms with Crippen molar-refractivity contribution in [2.75, 3.05) is 23.5 Å². The van der Waals surface area contributed by atoms with E-state index in [1.807, 2.05) is 42.6 Å². The molecule has 0 unspecified atom stereocenters. The van der Waals surface area contributed by atoms with Gasteiger partial charge in [0.05, 0.1) is 25.0 Å². The van der Waals surface area contributed by atoms with Crippen LogP contribution in [0.3, 0.4) is 0 Å². The van der Waals surface area contributed by atoms with Crippen LogP contribution in [0.25, 0.3) is 0 Å². The molecular weight excluding hydrogens is 486 g/mol. The number of rotatable bonds is 8. The lowest BCUT2D eigenvalue weighted by atomic mass is 10.2. The average molecular weight is 506 g/mol. The van der Waals surface area contributed by atoms with Crippen LogP contribution in [0.1, 0.15) is 11.3 Å². The summed E-state index contributed by atoms with van der Waals surface area (Å²) in [6.45, 7) is 1.94. The number of methoxy groups -OCH3 is 1. The van der Waals surface area contributed by atoms with Crippen molar-refractivity contribution in [1.82, 2.24) is 4.98 Å². The quantitative estimate of drug-likeness (QED) is 0.414. The van der Waals surface area contributed by atoms with E-state index < -0.39 is 0 Å². The van der Waals surface area contributed by atoms with Gasteiger partial charge >= 0.3 is 0 Å². The number of thioether (sulfide) groups is 1. The first-order chi connectivity index (χ1) is 14.4. The number of hydrogen-bond acceptors (Lipinski definition) is 6. The number of aryl methyl sites for hydroxylation is 1. The molecule has 0 aliphatic heterocycles. The van der Waals surface area contributed by atoms with E-state index in [0.29, 0.717) is 17.1 Å². The third-order valence-corrected chi connectivity index (χ3v) is 6.58. The molecule has 0 saturated carbocycles. The molecule has 3 aromatic rings. The van der Waals surface area contributed by atoms with E-state index in [1.165, 1.54) is 23.1 Å². The van der Waals surface area contributed by atoms with Crippen LogP contribution in [0.5, 0.6) is 5.75 Å². The number of benzene rings is 2. The van der Waals surface area contributed by atoms with E-state index in [2.05, 4.69) is 31.5 Å². The normalized spacial score (nSPS) is 10.5. The molecule has 3 rings (SSSR count). The van der Waals surface area contributed by atoms with E-state index in [1.54, 1.807) is 19.2 Å². The second-order valence-electron chi connectivity index (χ2n) is 6.36. The van der Waals surface area contributed by atoms with Gasteiger partial charge in [-0.3, -0.25) is 9.59 Å². The first-order valence-corrected chi connectivity index (χ1v) is 11.7. The number of halogens is 1. The molecule has 0 atom stereocenters. The number of ether oxygens (including phenoxy) is 1. The Bertz CT molecular complexity index is 1060. The van der Waals surface area contributed by atoms with E-state index in [0.717, 1.165) is 20.1 Å². The van der Waals surface area contributed by atoms with Gasteiger partial charge in [0.1, 0.15) is 5.75 Å². The molecule has 1 aromatic heterocycles. The molecule has 2 amide bonds. The molecule has 6 nitrogen and oxygen atoms in total. The van der Waals surface area contributed by atoms with Crippen LogP contribution in [0.4, 0.5) is 11.4 Å². The topological polar surface area (TPSA) is 80.3 Å². The van der Waals surface area contributed by atoms with Gasteiger partial charge in [-0.25, -0.2) is 4.98 Å².